The number of ketones is 1. The SMILES string of the molecule is CCCCNC(=O)N(C)c1nc2c(s1)C(=O)CC(C(C)(C)C)C2. The highest BCUT2D eigenvalue weighted by molar-refractivity contribution is 7.17. The van der Waals surface area contributed by atoms with Crippen molar-refractivity contribution >= 4 is 28.3 Å². The van der Waals surface area contributed by atoms with Gasteiger partial charge in [0, 0.05) is 20.0 Å². The summed E-state index contributed by atoms with van der Waals surface area (Å²) < 4.78 is 0. The van der Waals surface area contributed by atoms with Gasteiger partial charge >= 0.3 is 6.03 Å². The number of nitrogens with one attached hydrogen (secondary N) is 1. The van der Waals surface area contributed by atoms with Crippen LogP contribution < -0.4 is 10.2 Å². The zero-order chi connectivity index (χ0) is 17.2. The zero-order valence-corrected chi connectivity index (χ0v) is 15.5. The lowest BCUT2D eigenvalue weighted by Crippen LogP contribution is -2.37. The Balaban J connectivity index is 2.13. The van der Waals surface area contributed by atoms with Crippen molar-refractivity contribution in [1.82, 2.24) is 10.3 Å². The lowest BCUT2D eigenvalue weighted by atomic mass is 9.73. The van der Waals surface area contributed by atoms with Crippen molar-refractivity contribution in [1.29, 1.82) is 0 Å². The van der Waals surface area contributed by atoms with Crippen LogP contribution in [-0.4, -0.2) is 30.4 Å². The van der Waals surface area contributed by atoms with Gasteiger partial charge < -0.3 is 5.32 Å². The van der Waals surface area contributed by atoms with E-state index >= 15 is 0 Å². The largest absolute Gasteiger partial charge is 0.338 e. The first-order valence-electron chi connectivity index (χ1n) is 8.28. The molecule has 0 saturated carbocycles. The van der Waals surface area contributed by atoms with Crippen LogP contribution in [0.5, 0.6) is 0 Å². The Bertz CT molecular complexity index is 589. The third-order valence-electron chi connectivity index (χ3n) is 4.43. The molecule has 1 aliphatic carbocycles. The number of unbranched alkanes of at least 4 members (excludes halogenated alkanes) is 1. The topological polar surface area (TPSA) is 62.3 Å². The van der Waals surface area contributed by atoms with Gasteiger partial charge in [0.25, 0.3) is 0 Å². The number of anilines is 1. The van der Waals surface area contributed by atoms with Crippen LogP contribution in [0.1, 0.15) is 62.3 Å². The molecule has 6 heteroatoms. The van der Waals surface area contributed by atoms with Gasteiger partial charge in [0.1, 0.15) is 0 Å². The number of urea groups is 1. The fourth-order valence-electron chi connectivity index (χ4n) is 2.65. The number of carbonyl (C=O) groups excluding carboxylic acids is 2. The molecular weight excluding hydrogens is 310 g/mol. The smallest absolute Gasteiger partial charge is 0.323 e. The van der Waals surface area contributed by atoms with Gasteiger partial charge in [-0.25, -0.2) is 9.78 Å². The number of hydrogen-bond donors (Lipinski definition) is 1. The third-order valence-corrected chi connectivity index (χ3v) is 5.65. The van der Waals surface area contributed by atoms with Crippen LogP contribution in [0.4, 0.5) is 9.93 Å². The van der Waals surface area contributed by atoms with E-state index in [9.17, 15) is 9.59 Å². The molecule has 0 fully saturated rings. The normalized spacial score (nSPS) is 17.8. The Morgan fingerprint density at radius 2 is 2.09 bits per heavy atom. The predicted octanol–water partition coefficient (Wildman–Crippen LogP) is 3.88. The number of hydrogen-bond acceptors (Lipinski definition) is 4. The van der Waals surface area contributed by atoms with Crippen molar-refractivity contribution in [2.24, 2.45) is 11.3 Å². The minimum atomic E-state index is -0.163. The van der Waals surface area contributed by atoms with Gasteiger partial charge in [-0.3, -0.25) is 9.69 Å². The maximum absolute atomic E-state index is 12.4. The van der Waals surface area contributed by atoms with Crippen LogP contribution in [0.2, 0.25) is 0 Å². The molecule has 2 rings (SSSR count). The van der Waals surface area contributed by atoms with Gasteiger partial charge in [-0.1, -0.05) is 45.5 Å². The summed E-state index contributed by atoms with van der Waals surface area (Å²) in [7, 11) is 1.71. The van der Waals surface area contributed by atoms with Crippen LogP contribution >= 0.6 is 11.3 Å². The molecule has 2 amide bonds. The molecule has 1 unspecified atom stereocenters. The van der Waals surface area contributed by atoms with Gasteiger partial charge in [-0.05, 0) is 24.2 Å². The molecule has 1 atom stereocenters. The molecule has 0 aliphatic heterocycles. The standard InChI is InChI=1S/C17H27N3O2S/c1-6-7-8-18-15(22)20(5)16-19-12-9-11(17(2,3)4)10-13(21)14(12)23-16/h11H,6-10H2,1-5H3,(H,18,22). The summed E-state index contributed by atoms with van der Waals surface area (Å²) in [5.74, 6) is 0.468. The lowest BCUT2D eigenvalue weighted by Gasteiger charge is -2.32. The van der Waals surface area contributed by atoms with E-state index in [0.29, 0.717) is 24.0 Å². The van der Waals surface area contributed by atoms with Crippen molar-refractivity contribution < 1.29 is 9.59 Å². The van der Waals surface area contributed by atoms with E-state index in [0.717, 1.165) is 29.8 Å². The second-order valence-corrected chi connectivity index (χ2v) is 8.29. The summed E-state index contributed by atoms with van der Waals surface area (Å²) in [5, 5.41) is 3.48. The van der Waals surface area contributed by atoms with Crippen molar-refractivity contribution in [3.8, 4) is 0 Å². The Labute approximate surface area is 142 Å². The van der Waals surface area contributed by atoms with Gasteiger partial charge in [0.05, 0.1) is 10.6 Å². The number of amides is 2. The van der Waals surface area contributed by atoms with E-state index in [2.05, 4.69) is 38.0 Å². The Hall–Kier alpha value is -1.43. The summed E-state index contributed by atoms with van der Waals surface area (Å²) in [6, 6.07) is -0.163. The fraction of sp³-hybridized carbons (Fsp3) is 0.706. The highest BCUT2D eigenvalue weighted by Crippen LogP contribution is 2.40. The molecule has 128 valence electrons. The number of fused-ring (bicyclic) bond motifs is 1. The van der Waals surface area contributed by atoms with Crippen LogP contribution in [-0.2, 0) is 6.42 Å². The molecule has 0 bridgehead atoms. The quantitative estimate of drug-likeness (QED) is 0.848. The van der Waals surface area contributed by atoms with Crippen LogP contribution in [0.3, 0.4) is 0 Å². The van der Waals surface area contributed by atoms with Gasteiger partial charge in [-0.15, -0.1) is 0 Å². The van der Waals surface area contributed by atoms with Crippen LogP contribution in [0, 0.1) is 11.3 Å². The Kier molecular flexibility index (Phi) is 5.45. The number of aromatic nitrogens is 1. The van der Waals surface area contributed by atoms with E-state index in [1.807, 2.05) is 0 Å². The van der Waals surface area contributed by atoms with Crippen molar-refractivity contribution in [3.63, 3.8) is 0 Å². The van der Waals surface area contributed by atoms with Gasteiger partial charge in [0.2, 0.25) is 0 Å². The molecule has 0 spiro atoms. The summed E-state index contributed by atoms with van der Waals surface area (Å²) in [6.07, 6.45) is 3.38. The summed E-state index contributed by atoms with van der Waals surface area (Å²) in [6.45, 7) is 9.24. The maximum Gasteiger partial charge on any atom is 0.323 e. The molecule has 1 aromatic rings. The molecule has 1 aromatic heterocycles. The average molecular weight is 337 g/mol. The molecule has 1 aliphatic rings. The van der Waals surface area contributed by atoms with E-state index < -0.39 is 0 Å². The van der Waals surface area contributed by atoms with Crippen LogP contribution in [0.25, 0.3) is 0 Å². The molecule has 1 heterocycles. The maximum atomic E-state index is 12.4. The van der Waals surface area contributed by atoms with E-state index in [4.69, 9.17) is 0 Å². The first-order chi connectivity index (χ1) is 10.7. The molecule has 0 saturated heterocycles. The monoisotopic (exact) mass is 337 g/mol. The molecule has 0 radical (unpaired) electrons. The molecular formula is C17H27N3O2S. The average Bonchev–Trinajstić information content (AvgIpc) is 2.90. The van der Waals surface area contributed by atoms with Crippen molar-refractivity contribution in [2.75, 3.05) is 18.5 Å². The molecule has 5 nitrogen and oxygen atoms in total. The minimum absolute atomic E-state index is 0.0839. The van der Waals surface area contributed by atoms with Gasteiger partial charge in [-0.2, -0.15) is 0 Å². The molecule has 0 aromatic carbocycles. The number of Topliss-reactive ketones (excluding diaryl/α,β-unsaturated/α-hetero) is 1. The minimum Gasteiger partial charge on any atom is -0.338 e. The summed E-state index contributed by atoms with van der Waals surface area (Å²) in [5.41, 5.74) is 0.940. The predicted molar refractivity (Wildman–Crippen MR) is 94.4 cm³/mol. The zero-order valence-electron chi connectivity index (χ0n) is 14.7. The summed E-state index contributed by atoms with van der Waals surface area (Å²) in [4.78, 5) is 31.4. The number of thiazole rings is 1. The Morgan fingerprint density at radius 1 is 1.39 bits per heavy atom. The van der Waals surface area contributed by atoms with E-state index in [1.54, 1.807) is 7.05 Å². The summed E-state index contributed by atoms with van der Waals surface area (Å²) >= 11 is 1.34. The lowest BCUT2D eigenvalue weighted by molar-refractivity contribution is 0.0897. The first-order valence-corrected chi connectivity index (χ1v) is 9.10. The highest BCUT2D eigenvalue weighted by atomic mass is 32.1. The molecule has 1 N–H and O–H groups in total. The Morgan fingerprint density at radius 3 is 2.70 bits per heavy atom. The number of carbonyl (C=O) groups is 2. The molecule has 23 heavy (non-hydrogen) atoms. The number of rotatable bonds is 4. The first kappa shape index (κ1) is 17.9. The van der Waals surface area contributed by atoms with Gasteiger partial charge in [0.15, 0.2) is 10.9 Å². The fourth-order valence-corrected chi connectivity index (χ4v) is 3.65. The second kappa shape index (κ2) is 6.99. The van der Waals surface area contributed by atoms with Crippen molar-refractivity contribution in [2.45, 2.75) is 53.4 Å². The number of nitrogens with zero attached hydrogens (tertiary/aromatic N) is 2. The van der Waals surface area contributed by atoms with E-state index in [-0.39, 0.29) is 17.2 Å². The third kappa shape index (κ3) is 4.10. The highest BCUT2D eigenvalue weighted by Gasteiger charge is 2.35. The van der Waals surface area contributed by atoms with E-state index in [1.165, 1.54) is 16.2 Å². The second-order valence-electron chi connectivity index (χ2n) is 7.31. The van der Waals surface area contributed by atoms with Crippen molar-refractivity contribution in [3.05, 3.63) is 10.6 Å². The van der Waals surface area contributed by atoms with Crippen LogP contribution in [0.15, 0.2) is 0 Å².